The van der Waals surface area contributed by atoms with Crippen LogP contribution in [0.15, 0.2) is 42.6 Å². The van der Waals surface area contributed by atoms with Crippen LogP contribution in [0, 0.1) is 6.92 Å². The molecular formula is C19H25BN2O4. The number of aryl methyl sites for hydroxylation is 1. The van der Waals surface area contributed by atoms with Crippen molar-refractivity contribution in [1.82, 2.24) is 4.98 Å². The van der Waals surface area contributed by atoms with Crippen LogP contribution < -0.4 is 11.2 Å². The Labute approximate surface area is 154 Å². The number of aromatic carboxylic acids is 1. The largest absolute Gasteiger partial charge is 0.494 e. The van der Waals surface area contributed by atoms with Gasteiger partial charge in [-0.2, -0.15) is 0 Å². The second kappa shape index (κ2) is 7.47. The van der Waals surface area contributed by atoms with E-state index in [1.807, 2.05) is 46.8 Å². The molecular weight excluding hydrogens is 331 g/mol. The smallest absolute Gasteiger partial charge is 0.478 e. The van der Waals surface area contributed by atoms with Crippen molar-refractivity contribution in [3.8, 4) is 0 Å². The molecule has 0 amide bonds. The van der Waals surface area contributed by atoms with Gasteiger partial charge in [-0.15, -0.1) is 0 Å². The molecule has 3 N–H and O–H groups in total. The Morgan fingerprint density at radius 1 is 1.08 bits per heavy atom. The summed E-state index contributed by atoms with van der Waals surface area (Å²) in [4.78, 5) is 14.6. The zero-order valence-corrected chi connectivity index (χ0v) is 15.8. The van der Waals surface area contributed by atoms with Gasteiger partial charge in [0.1, 0.15) is 5.82 Å². The monoisotopic (exact) mass is 356 g/mol. The third-order valence-electron chi connectivity index (χ3n) is 4.73. The van der Waals surface area contributed by atoms with Crippen LogP contribution >= 0.6 is 0 Å². The van der Waals surface area contributed by atoms with Gasteiger partial charge in [0.15, 0.2) is 0 Å². The lowest BCUT2D eigenvalue weighted by molar-refractivity contribution is 0.00578. The lowest BCUT2D eigenvalue weighted by atomic mass is 9.79. The summed E-state index contributed by atoms with van der Waals surface area (Å²) >= 11 is 0. The number of hydrogen-bond donors (Lipinski definition) is 2. The molecule has 1 aromatic carbocycles. The van der Waals surface area contributed by atoms with Gasteiger partial charge in [-0.3, -0.25) is 0 Å². The Morgan fingerprint density at radius 3 is 2.00 bits per heavy atom. The van der Waals surface area contributed by atoms with Crippen molar-refractivity contribution in [3.63, 3.8) is 0 Å². The highest BCUT2D eigenvalue weighted by atomic mass is 16.7. The number of rotatable bonds is 2. The molecule has 138 valence electrons. The standard InChI is InChI=1S/C13H17BO4.C6H8N2/c1-12(2)13(3,4)18-14(17-12)10-7-5-9(6-8-10)11(15)16;1-5-3-2-4-8-6(5)7/h5-8H,1-4H3,(H,15,16);2-4H,1H3,(H2,7,8). The average molecular weight is 356 g/mol. The lowest BCUT2D eigenvalue weighted by Gasteiger charge is -2.32. The molecule has 6 nitrogen and oxygen atoms in total. The van der Waals surface area contributed by atoms with Crippen molar-refractivity contribution in [3.05, 3.63) is 53.7 Å². The van der Waals surface area contributed by atoms with Crippen LogP contribution in [-0.4, -0.2) is 34.4 Å². The van der Waals surface area contributed by atoms with Crippen molar-refractivity contribution in [2.75, 3.05) is 5.73 Å². The van der Waals surface area contributed by atoms with E-state index in [1.54, 1.807) is 30.5 Å². The molecule has 3 rings (SSSR count). The van der Waals surface area contributed by atoms with Gasteiger partial charge in [0.05, 0.1) is 16.8 Å². The molecule has 0 radical (unpaired) electrons. The van der Waals surface area contributed by atoms with Crippen molar-refractivity contribution in [1.29, 1.82) is 0 Å². The number of pyridine rings is 1. The second-order valence-corrected chi connectivity index (χ2v) is 7.22. The number of carbonyl (C=O) groups is 1. The molecule has 0 spiro atoms. The first-order valence-corrected chi connectivity index (χ1v) is 8.39. The topological polar surface area (TPSA) is 94.7 Å². The van der Waals surface area contributed by atoms with E-state index < -0.39 is 13.1 Å². The molecule has 1 saturated heterocycles. The molecule has 1 aromatic heterocycles. The molecule has 0 atom stereocenters. The summed E-state index contributed by atoms with van der Waals surface area (Å²) in [5, 5.41) is 8.84. The van der Waals surface area contributed by atoms with Gasteiger partial charge in [-0.05, 0) is 63.8 Å². The number of carboxylic acid groups (broad SMARTS) is 1. The Morgan fingerprint density at radius 2 is 1.62 bits per heavy atom. The molecule has 0 aliphatic carbocycles. The molecule has 2 heterocycles. The second-order valence-electron chi connectivity index (χ2n) is 7.22. The summed E-state index contributed by atoms with van der Waals surface area (Å²) in [5.41, 5.74) is 6.76. The first kappa shape index (κ1) is 19.9. The van der Waals surface area contributed by atoms with Gasteiger partial charge < -0.3 is 20.1 Å². The van der Waals surface area contributed by atoms with Gasteiger partial charge in [0, 0.05) is 6.20 Å². The molecule has 1 aliphatic rings. The highest BCUT2D eigenvalue weighted by Gasteiger charge is 2.51. The van der Waals surface area contributed by atoms with Gasteiger partial charge >= 0.3 is 13.1 Å². The summed E-state index contributed by atoms with van der Waals surface area (Å²) in [5.74, 6) is -0.317. The highest BCUT2D eigenvalue weighted by molar-refractivity contribution is 6.62. The van der Waals surface area contributed by atoms with E-state index >= 15 is 0 Å². The molecule has 0 saturated carbocycles. The normalized spacial score (nSPS) is 17.3. The van der Waals surface area contributed by atoms with Crippen molar-refractivity contribution in [2.45, 2.75) is 45.8 Å². The van der Waals surface area contributed by atoms with Crippen LogP contribution in [0.3, 0.4) is 0 Å². The van der Waals surface area contributed by atoms with Gasteiger partial charge in [-0.25, -0.2) is 9.78 Å². The molecule has 0 unspecified atom stereocenters. The van der Waals surface area contributed by atoms with E-state index in [0.29, 0.717) is 5.82 Å². The minimum atomic E-state index is -0.935. The van der Waals surface area contributed by atoms with E-state index in [1.165, 1.54) is 0 Å². The first-order chi connectivity index (χ1) is 12.0. The molecule has 26 heavy (non-hydrogen) atoms. The maximum Gasteiger partial charge on any atom is 0.494 e. The van der Waals surface area contributed by atoms with E-state index in [4.69, 9.17) is 20.1 Å². The Hall–Kier alpha value is -2.38. The number of carboxylic acids is 1. The maximum absolute atomic E-state index is 10.8. The Kier molecular flexibility index (Phi) is 5.73. The van der Waals surface area contributed by atoms with Gasteiger partial charge in [0.2, 0.25) is 0 Å². The number of nitrogen functional groups attached to an aromatic ring is 1. The van der Waals surface area contributed by atoms with Crippen LogP contribution in [0.5, 0.6) is 0 Å². The number of benzene rings is 1. The van der Waals surface area contributed by atoms with Crippen LogP contribution in [0.2, 0.25) is 0 Å². The van der Waals surface area contributed by atoms with Gasteiger partial charge in [0.25, 0.3) is 0 Å². The van der Waals surface area contributed by atoms with Crippen molar-refractivity contribution < 1.29 is 19.2 Å². The number of hydrogen-bond acceptors (Lipinski definition) is 5. The van der Waals surface area contributed by atoms with E-state index in [9.17, 15) is 4.79 Å². The predicted octanol–water partition coefficient (Wildman–Crippen LogP) is 2.66. The van der Waals surface area contributed by atoms with Crippen LogP contribution in [0.1, 0.15) is 43.6 Å². The average Bonchev–Trinajstić information content (AvgIpc) is 2.79. The van der Waals surface area contributed by atoms with Crippen LogP contribution in [0.4, 0.5) is 5.82 Å². The number of aromatic nitrogens is 1. The zero-order chi connectivity index (χ0) is 19.5. The predicted molar refractivity (Wildman–Crippen MR) is 103 cm³/mol. The summed E-state index contributed by atoms with van der Waals surface area (Å²) in [6.07, 6.45) is 1.68. The van der Waals surface area contributed by atoms with Crippen molar-refractivity contribution in [2.24, 2.45) is 0 Å². The summed E-state index contributed by atoms with van der Waals surface area (Å²) in [6.45, 7) is 9.87. The third kappa shape index (κ3) is 4.42. The van der Waals surface area contributed by atoms with E-state index in [0.717, 1.165) is 11.0 Å². The number of anilines is 1. The van der Waals surface area contributed by atoms with Crippen LogP contribution in [0.25, 0.3) is 0 Å². The molecule has 0 bridgehead atoms. The Balaban J connectivity index is 0.000000254. The number of nitrogens with zero attached hydrogens (tertiary/aromatic N) is 1. The molecule has 1 fully saturated rings. The fourth-order valence-corrected chi connectivity index (χ4v) is 2.26. The number of nitrogens with two attached hydrogens (primary N) is 1. The summed E-state index contributed by atoms with van der Waals surface area (Å²) in [7, 11) is -0.446. The quantitative estimate of drug-likeness (QED) is 0.804. The zero-order valence-electron chi connectivity index (χ0n) is 15.8. The van der Waals surface area contributed by atoms with Gasteiger partial charge in [-0.1, -0.05) is 18.2 Å². The molecule has 7 heteroatoms. The Bertz CT molecular complexity index is 738. The van der Waals surface area contributed by atoms with Crippen molar-refractivity contribution >= 4 is 24.4 Å². The minimum absolute atomic E-state index is 0.260. The third-order valence-corrected chi connectivity index (χ3v) is 4.73. The summed E-state index contributed by atoms with van der Waals surface area (Å²) in [6, 6.07) is 10.4. The fraction of sp³-hybridized carbons (Fsp3) is 0.368. The van der Waals surface area contributed by atoms with E-state index in [2.05, 4.69) is 4.98 Å². The summed E-state index contributed by atoms with van der Waals surface area (Å²) < 4.78 is 11.8. The molecule has 2 aromatic rings. The van der Waals surface area contributed by atoms with Crippen LogP contribution in [-0.2, 0) is 9.31 Å². The first-order valence-electron chi connectivity index (χ1n) is 8.39. The van der Waals surface area contributed by atoms with E-state index in [-0.39, 0.29) is 16.8 Å². The maximum atomic E-state index is 10.8. The SMILES string of the molecule is CC1(C)OB(c2ccc(C(=O)O)cc2)OC1(C)C.Cc1cccnc1N. The fourth-order valence-electron chi connectivity index (χ4n) is 2.26. The highest BCUT2D eigenvalue weighted by Crippen LogP contribution is 2.36. The lowest BCUT2D eigenvalue weighted by Crippen LogP contribution is -2.41. The molecule has 1 aliphatic heterocycles. The minimum Gasteiger partial charge on any atom is -0.478 e.